The number of ether oxygens (including phenoxy) is 1. The molecule has 0 atom stereocenters. The third kappa shape index (κ3) is 7.17. The molecule has 224 valence electrons. The molecule has 0 aliphatic heterocycles. The second-order valence-corrected chi connectivity index (χ2v) is 12.2. The Balaban J connectivity index is 1.56. The number of benzene rings is 3. The summed E-state index contributed by atoms with van der Waals surface area (Å²) in [4.78, 5) is 8.00. The van der Waals surface area contributed by atoms with Gasteiger partial charge in [0, 0.05) is 29.8 Å². The number of nitriles is 1. The van der Waals surface area contributed by atoms with E-state index in [-0.39, 0.29) is 27.1 Å². The first-order valence-electron chi connectivity index (χ1n) is 12.6. The van der Waals surface area contributed by atoms with Gasteiger partial charge in [-0.15, -0.1) is 0 Å². The standard InChI is InChI=1S/C29H21F3N6O3S3/c1-42-36-16-23-12-20(9-10-34-23)25-14-19(18-3-2-4-22(11-18)29(30,31)32)5-7-27(25)41-26-8-6-24(13-21(26)15-33)44(39,40)38-28-35-17-37-43-28/h2-14,17,36H,16H2,1H3,(H,35,37,38). The molecule has 9 nitrogen and oxygen atoms in total. The van der Waals surface area contributed by atoms with Crippen molar-refractivity contribution in [3.05, 3.63) is 102 Å². The summed E-state index contributed by atoms with van der Waals surface area (Å²) in [6.45, 7) is 0.456. The van der Waals surface area contributed by atoms with Crippen molar-refractivity contribution in [1.29, 1.82) is 5.26 Å². The summed E-state index contributed by atoms with van der Waals surface area (Å²) in [5.41, 5.74) is 1.91. The van der Waals surface area contributed by atoms with Crippen molar-refractivity contribution >= 4 is 38.6 Å². The van der Waals surface area contributed by atoms with Gasteiger partial charge < -0.3 is 4.74 Å². The van der Waals surface area contributed by atoms with E-state index in [1.54, 1.807) is 36.5 Å². The van der Waals surface area contributed by atoms with Crippen LogP contribution in [0.2, 0.25) is 0 Å². The highest BCUT2D eigenvalue weighted by Gasteiger charge is 2.30. The minimum absolute atomic E-state index is 0.0577. The van der Waals surface area contributed by atoms with Gasteiger partial charge in [0.05, 0.1) is 21.7 Å². The van der Waals surface area contributed by atoms with Crippen LogP contribution in [0.15, 0.2) is 90.2 Å². The minimum Gasteiger partial charge on any atom is -0.455 e. The molecule has 0 spiro atoms. The molecule has 2 heterocycles. The van der Waals surface area contributed by atoms with Crippen LogP contribution in [0.4, 0.5) is 18.3 Å². The molecule has 0 saturated heterocycles. The van der Waals surface area contributed by atoms with Crippen molar-refractivity contribution in [2.45, 2.75) is 17.6 Å². The number of nitrogens with one attached hydrogen (secondary N) is 2. The number of pyridine rings is 1. The van der Waals surface area contributed by atoms with Crippen molar-refractivity contribution in [2.75, 3.05) is 11.0 Å². The van der Waals surface area contributed by atoms with Gasteiger partial charge in [0.2, 0.25) is 5.13 Å². The zero-order chi connectivity index (χ0) is 31.3. The van der Waals surface area contributed by atoms with Crippen LogP contribution in [0, 0.1) is 11.3 Å². The molecular weight excluding hydrogens is 634 g/mol. The number of hydrogen-bond acceptors (Lipinski definition) is 10. The Labute approximate surface area is 259 Å². The molecule has 0 fully saturated rings. The molecule has 44 heavy (non-hydrogen) atoms. The molecule has 15 heteroatoms. The second kappa shape index (κ2) is 13.0. The van der Waals surface area contributed by atoms with Gasteiger partial charge in [0.25, 0.3) is 10.0 Å². The molecule has 5 rings (SSSR count). The second-order valence-electron chi connectivity index (χ2n) is 9.07. The van der Waals surface area contributed by atoms with Crippen molar-refractivity contribution in [1.82, 2.24) is 19.1 Å². The molecule has 5 aromatic rings. The van der Waals surface area contributed by atoms with Gasteiger partial charge in [-0.3, -0.25) is 14.4 Å². The predicted octanol–water partition coefficient (Wildman–Crippen LogP) is 7.12. The molecule has 0 saturated carbocycles. The quantitative estimate of drug-likeness (QED) is 0.151. The molecule has 3 aromatic carbocycles. The van der Waals surface area contributed by atoms with Gasteiger partial charge >= 0.3 is 6.18 Å². The highest BCUT2D eigenvalue weighted by molar-refractivity contribution is 7.96. The largest absolute Gasteiger partial charge is 0.455 e. The summed E-state index contributed by atoms with van der Waals surface area (Å²) >= 11 is 2.28. The normalized spacial score (nSPS) is 11.6. The number of rotatable bonds is 10. The average molecular weight is 655 g/mol. The summed E-state index contributed by atoms with van der Waals surface area (Å²) in [5, 5.41) is 9.93. The SMILES string of the molecule is CSNCc1cc(-c2cc(-c3cccc(C(F)(F)F)c3)ccc2Oc2ccc(S(=O)(=O)Nc3ncns3)cc2C#N)ccn1. The first-order valence-corrected chi connectivity index (χ1v) is 16.1. The lowest BCUT2D eigenvalue weighted by Gasteiger charge is -2.16. The summed E-state index contributed by atoms with van der Waals surface area (Å²) in [5.74, 6) is 0.364. The van der Waals surface area contributed by atoms with E-state index in [9.17, 15) is 26.9 Å². The Hall–Kier alpha value is -4.49. The maximum absolute atomic E-state index is 13.4. The van der Waals surface area contributed by atoms with Crippen LogP contribution in [0.1, 0.15) is 16.8 Å². The van der Waals surface area contributed by atoms with E-state index < -0.39 is 21.8 Å². The molecule has 2 N–H and O–H groups in total. The van der Waals surface area contributed by atoms with Crippen LogP contribution in [0.5, 0.6) is 11.5 Å². The predicted molar refractivity (Wildman–Crippen MR) is 162 cm³/mol. The Morgan fingerprint density at radius 3 is 2.50 bits per heavy atom. The fourth-order valence-corrected chi connectivity index (χ4v) is 6.13. The lowest BCUT2D eigenvalue weighted by atomic mass is 9.97. The Morgan fingerprint density at radius 2 is 1.77 bits per heavy atom. The highest BCUT2D eigenvalue weighted by atomic mass is 32.2. The Kier molecular flexibility index (Phi) is 9.16. The molecule has 0 amide bonds. The van der Waals surface area contributed by atoms with E-state index in [4.69, 9.17) is 4.74 Å². The first-order chi connectivity index (χ1) is 21.1. The van der Waals surface area contributed by atoms with Gasteiger partial charge in [0.15, 0.2) is 0 Å². The van der Waals surface area contributed by atoms with Gasteiger partial charge in [0.1, 0.15) is 23.9 Å². The van der Waals surface area contributed by atoms with E-state index in [0.29, 0.717) is 34.5 Å². The number of anilines is 1. The number of aromatic nitrogens is 3. The number of halogens is 3. The number of nitrogens with zero attached hydrogens (tertiary/aromatic N) is 4. The van der Waals surface area contributed by atoms with Crippen LogP contribution >= 0.6 is 23.5 Å². The van der Waals surface area contributed by atoms with Gasteiger partial charge in [-0.2, -0.15) is 22.8 Å². The minimum atomic E-state index is -4.51. The molecule has 0 bridgehead atoms. The van der Waals surface area contributed by atoms with Crippen LogP contribution in [0.25, 0.3) is 22.3 Å². The zero-order valence-electron chi connectivity index (χ0n) is 22.7. The summed E-state index contributed by atoms with van der Waals surface area (Å²) in [6.07, 6.45) is 0.190. The van der Waals surface area contributed by atoms with Crippen molar-refractivity contribution in [3.63, 3.8) is 0 Å². The third-order valence-corrected chi connectivity index (χ3v) is 8.69. The van der Waals surface area contributed by atoms with E-state index >= 15 is 0 Å². The number of sulfonamides is 1. The topological polar surface area (TPSA) is 130 Å². The molecule has 0 aliphatic carbocycles. The smallest absolute Gasteiger partial charge is 0.416 e. The molecule has 0 radical (unpaired) electrons. The lowest BCUT2D eigenvalue weighted by Crippen LogP contribution is -2.13. The fourth-order valence-electron chi connectivity index (χ4n) is 4.15. The maximum atomic E-state index is 13.4. The van der Waals surface area contributed by atoms with Gasteiger partial charge in [-0.05, 0) is 77.5 Å². The summed E-state index contributed by atoms with van der Waals surface area (Å²) in [6, 6.07) is 19.2. The first kappa shape index (κ1) is 31.0. The van der Waals surface area contributed by atoms with Crippen LogP contribution in [0.3, 0.4) is 0 Å². The van der Waals surface area contributed by atoms with Crippen molar-refractivity contribution in [3.8, 4) is 39.8 Å². The van der Waals surface area contributed by atoms with E-state index in [1.165, 1.54) is 42.5 Å². The zero-order valence-corrected chi connectivity index (χ0v) is 25.1. The molecular formula is C29H21F3N6O3S3. The Morgan fingerprint density at radius 1 is 0.977 bits per heavy atom. The van der Waals surface area contributed by atoms with Crippen LogP contribution < -0.4 is 14.2 Å². The highest BCUT2D eigenvalue weighted by Crippen LogP contribution is 2.39. The van der Waals surface area contributed by atoms with E-state index in [2.05, 4.69) is 23.8 Å². The van der Waals surface area contributed by atoms with Crippen LogP contribution in [-0.4, -0.2) is 29.0 Å². The molecule has 0 aliphatic rings. The van der Waals surface area contributed by atoms with Crippen molar-refractivity contribution < 1.29 is 26.3 Å². The third-order valence-electron chi connectivity index (χ3n) is 6.21. The van der Waals surface area contributed by atoms with Crippen molar-refractivity contribution in [2.24, 2.45) is 0 Å². The maximum Gasteiger partial charge on any atom is 0.416 e. The monoisotopic (exact) mass is 654 g/mol. The molecule has 0 unspecified atom stereocenters. The summed E-state index contributed by atoms with van der Waals surface area (Å²) in [7, 11) is -4.06. The molecule has 2 aromatic heterocycles. The van der Waals surface area contributed by atoms with E-state index in [1.807, 2.05) is 18.4 Å². The number of hydrogen-bond donors (Lipinski definition) is 2. The number of alkyl halides is 3. The van der Waals surface area contributed by atoms with Gasteiger partial charge in [-0.25, -0.2) is 13.4 Å². The Bertz CT molecular complexity index is 1950. The lowest BCUT2D eigenvalue weighted by molar-refractivity contribution is -0.137. The summed E-state index contributed by atoms with van der Waals surface area (Å²) < 4.78 is 81.4. The average Bonchev–Trinajstić information content (AvgIpc) is 3.52. The van der Waals surface area contributed by atoms with Gasteiger partial charge in [-0.1, -0.05) is 30.1 Å². The van der Waals surface area contributed by atoms with E-state index in [0.717, 1.165) is 23.7 Å². The fraction of sp³-hybridized carbons (Fsp3) is 0.103. The van der Waals surface area contributed by atoms with Crippen LogP contribution in [-0.2, 0) is 22.7 Å².